The second kappa shape index (κ2) is 13.5. The van der Waals surface area contributed by atoms with E-state index in [0.29, 0.717) is 11.5 Å². The Hall–Kier alpha value is -2.87. The van der Waals surface area contributed by atoms with E-state index < -0.39 is 23.4 Å². The van der Waals surface area contributed by atoms with Crippen LogP contribution < -0.4 is 0 Å². The van der Waals surface area contributed by atoms with E-state index in [1.807, 2.05) is 18.2 Å². The van der Waals surface area contributed by atoms with Crippen LogP contribution in [-0.4, -0.2) is 0 Å². The van der Waals surface area contributed by atoms with Crippen LogP contribution in [0.2, 0.25) is 0 Å². The summed E-state index contributed by atoms with van der Waals surface area (Å²) in [6.45, 7) is 2.26. The highest BCUT2D eigenvalue weighted by molar-refractivity contribution is 5.85. The molecule has 1 aliphatic rings. The van der Waals surface area contributed by atoms with Gasteiger partial charge in [0.05, 0.1) is 11.1 Å². The Bertz CT molecular complexity index is 1300. The van der Waals surface area contributed by atoms with E-state index in [4.69, 9.17) is 0 Å². The lowest BCUT2D eigenvalue weighted by atomic mass is 9.77. The summed E-state index contributed by atoms with van der Waals surface area (Å²) in [5.74, 6) is 5.01. The average molecular weight is 541 g/mol. The first-order chi connectivity index (χ1) is 18.7. The molecule has 4 rings (SSSR count). The van der Waals surface area contributed by atoms with Crippen LogP contribution in [0.5, 0.6) is 0 Å². The van der Waals surface area contributed by atoms with Gasteiger partial charge < -0.3 is 0 Å². The molecular weight excluding hydrogens is 503 g/mol. The number of alkyl halides is 3. The van der Waals surface area contributed by atoms with Crippen molar-refractivity contribution in [3.8, 4) is 11.8 Å². The minimum atomic E-state index is -4.77. The topological polar surface area (TPSA) is 0 Å². The second-order valence-corrected chi connectivity index (χ2v) is 11.1. The van der Waals surface area contributed by atoms with Gasteiger partial charge in [0.1, 0.15) is 11.6 Å². The minimum Gasteiger partial charge on any atom is -0.206 e. The molecule has 0 aliphatic heterocycles. The molecule has 0 radical (unpaired) electrons. The third-order valence-electron chi connectivity index (χ3n) is 8.16. The number of benzene rings is 3. The predicted octanol–water partition coefficient (Wildman–Crippen LogP) is 10.6. The Morgan fingerprint density at radius 2 is 1.49 bits per heavy atom. The van der Waals surface area contributed by atoms with Gasteiger partial charge in [-0.15, -0.1) is 0 Å². The molecule has 0 amide bonds. The first kappa shape index (κ1) is 29.1. The summed E-state index contributed by atoms with van der Waals surface area (Å²) in [6.07, 6.45) is 10.9. The Morgan fingerprint density at radius 1 is 0.769 bits per heavy atom. The van der Waals surface area contributed by atoms with Crippen molar-refractivity contribution < 1.29 is 22.0 Å². The number of hydrogen-bond acceptors (Lipinski definition) is 0. The number of halogens is 5. The molecule has 39 heavy (non-hydrogen) atoms. The van der Waals surface area contributed by atoms with Crippen molar-refractivity contribution in [2.75, 3.05) is 0 Å². The van der Waals surface area contributed by atoms with Gasteiger partial charge in [-0.2, -0.15) is 13.2 Å². The molecule has 3 aromatic carbocycles. The summed E-state index contributed by atoms with van der Waals surface area (Å²) in [5, 5.41) is 1.24. The normalized spacial score (nSPS) is 17.7. The number of fused-ring (bicyclic) bond motifs is 1. The van der Waals surface area contributed by atoms with Gasteiger partial charge >= 0.3 is 6.18 Å². The molecule has 1 aliphatic carbocycles. The smallest absolute Gasteiger partial charge is 0.206 e. The SMILES string of the molecule is CCCCCCCC1CCC(CCc2ccc3c(F)c(C#Cc4ccc(C(F)(F)F)c(F)c4)ccc3c2)CC1. The van der Waals surface area contributed by atoms with Crippen molar-refractivity contribution in [3.05, 3.63) is 82.4 Å². The molecule has 0 N–H and O–H groups in total. The van der Waals surface area contributed by atoms with Crippen LogP contribution in [0.15, 0.2) is 48.5 Å². The van der Waals surface area contributed by atoms with Gasteiger partial charge in [0.15, 0.2) is 0 Å². The maximum absolute atomic E-state index is 15.1. The van der Waals surface area contributed by atoms with Crippen molar-refractivity contribution in [2.24, 2.45) is 11.8 Å². The summed E-state index contributed by atoms with van der Waals surface area (Å²) >= 11 is 0. The fraction of sp³-hybridized carbons (Fsp3) is 0.471. The maximum Gasteiger partial charge on any atom is 0.419 e. The van der Waals surface area contributed by atoms with Crippen molar-refractivity contribution in [2.45, 2.75) is 90.1 Å². The minimum absolute atomic E-state index is 0.0522. The van der Waals surface area contributed by atoms with E-state index in [1.165, 1.54) is 69.8 Å². The molecule has 0 saturated heterocycles. The van der Waals surface area contributed by atoms with Crippen LogP contribution >= 0.6 is 0 Å². The van der Waals surface area contributed by atoms with Crippen LogP contribution in [0.1, 0.15) is 99.8 Å². The summed E-state index contributed by atoms with van der Waals surface area (Å²) in [4.78, 5) is 0. The van der Waals surface area contributed by atoms with E-state index in [0.717, 1.165) is 42.2 Å². The molecule has 0 heterocycles. The quantitative estimate of drug-likeness (QED) is 0.144. The standard InChI is InChI=1S/C34H37F5/c1-2-3-4-5-6-7-24-8-10-25(11-9-24)12-13-26-15-20-30-29(22-26)19-18-28(33(30)36)17-14-27-16-21-31(32(35)23-27)34(37,38)39/h15-16,18-25H,2-13H2,1H3. The molecule has 0 aromatic heterocycles. The fourth-order valence-electron chi connectivity index (χ4n) is 5.77. The van der Waals surface area contributed by atoms with Crippen molar-refractivity contribution in [3.63, 3.8) is 0 Å². The van der Waals surface area contributed by atoms with E-state index in [1.54, 1.807) is 12.1 Å². The van der Waals surface area contributed by atoms with Crippen LogP contribution in [0, 0.1) is 35.3 Å². The van der Waals surface area contributed by atoms with E-state index >= 15 is 4.39 Å². The first-order valence-corrected chi connectivity index (χ1v) is 14.3. The molecule has 208 valence electrons. The van der Waals surface area contributed by atoms with Crippen molar-refractivity contribution in [1.82, 2.24) is 0 Å². The van der Waals surface area contributed by atoms with Gasteiger partial charge in [-0.25, -0.2) is 8.78 Å². The molecule has 0 atom stereocenters. The summed E-state index contributed by atoms with van der Waals surface area (Å²) in [7, 11) is 0. The van der Waals surface area contributed by atoms with Gasteiger partial charge in [-0.05, 0) is 59.9 Å². The Kier molecular flexibility index (Phi) is 10.1. The highest BCUT2D eigenvalue weighted by Crippen LogP contribution is 2.35. The molecule has 0 spiro atoms. The highest BCUT2D eigenvalue weighted by atomic mass is 19.4. The molecule has 5 heteroatoms. The van der Waals surface area contributed by atoms with Crippen LogP contribution in [-0.2, 0) is 12.6 Å². The number of hydrogen-bond donors (Lipinski definition) is 0. The summed E-state index contributed by atoms with van der Waals surface area (Å²) in [6, 6.07) is 11.6. The van der Waals surface area contributed by atoms with Crippen molar-refractivity contribution in [1.29, 1.82) is 0 Å². The second-order valence-electron chi connectivity index (χ2n) is 11.1. The lowest BCUT2D eigenvalue weighted by Crippen LogP contribution is -2.15. The Morgan fingerprint density at radius 3 is 2.18 bits per heavy atom. The largest absolute Gasteiger partial charge is 0.419 e. The third kappa shape index (κ3) is 8.07. The molecule has 1 saturated carbocycles. The van der Waals surface area contributed by atoms with Crippen LogP contribution in [0.4, 0.5) is 22.0 Å². The number of aryl methyl sites for hydroxylation is 1. The van der Waals surface area contributed by atoms with Crippen LogP contribution in [0.3, 0.4) is 0 Å². The Labute approximate surface area is 229 Å². The zero-order chi connectivity index (χ0) is 27.8. The fourth-order valence-corrected chi connectivity index (χ4v) is 5.77. The molecule has 3 aromatic rings. The predicted molar refractivity (Wildman–Crippen MR) is 148 cm³/mol. The monoisotopic (exact) mass is 540 g/mol. The Balaban J connectivity index is 1.32. The third-order valence-corrected chi connectivity index (χ3v) is 8.16. The van der Waals surface area contributed by atoms with Gasteiger partial charge in [0.2, 0.25) is 0 Å². The van der Waals surface area contributed by atoms with Gasteiger partial charge in [0, 0.05) is 10.9 Å². The van der Waals surface area contributed by atoms with Gasteiger partial charge in [0.25, 0.3) is 0 Å². The molecule has 0 nitrogen and oxygen atoms in total. The average Bonchev–Trinajstić information content (AvgIpc) is 2.91. The highest BCUT2D eigenvalue weighted by Gasteiger charge is 2.33. The van der Waals surface area contributed by atoms with E-state index in [9.17, 15) is 17.6 Å². The lowest BCUT2D eigenvalue weighted by molar-refractivity contribution is -0.140. The molecular formula is C34H37F5. The number of unbranched alkanes of at least 4 members (excludes halogenated alkanes) is 4. The molecule has 1 fully saturated rings. The molecule has 0 unspecified atom stereocenters. The lowest BCUT2D eigenvalue weighted by Gasteiger charge is -2.28. The number of rotatable bonds is 9. The summed E-state index contributed by atoms with van der Waals surface area (Å²) < 4.78 is 67.2. The van der Waals surface area contributed by atoms with Gasteiger partial charge in [-0.3, -0.25) is 0 Å². The van der Waals surface area contributed by atoms with Gasteiger partial charge in [-0.1, -0.05) is 107 Å². The molecule has 0 bridgehead atoms. The first-order valence-electron chi connectivity index (χ1n) is 14.3. The zero-order valence-electron chi connectivity index (χ0n) is 22.6. The van der Waals surface area contributed by atoms with Crippen molar-refractivity contribution >= 4 is 10.8 Å². The summed E-state index contributed by atoms with van der Waals surface area (Å²) in [5.41, 5.74) is 0.0228. The zero-order valence-corrected chi connectivity index (χ0v) is 22.6. The van der Waals surface area contributed by atoms with E-state index in [2.05, 4.69) is 18.8 Å². The van der Waals surface area contributed by atoms with Crippen LogP contribution in [0.25, 0.3) is 10.8 Å². The maximum atomic E-state index is 15.1. The van der Waals surface area contributed by atoms with E-state index in [-0.39, 0.29) is 11.1 Å².